The van der Waals surface area contributed by atoms with Gasteiger partial charge in [-0.2, -0.15) is 0 Å². The minimum absolute atomic E-state index is 0.326. The summed E-state index contributed by atoms with van der Waals surface area (Å²) in [6, 6.07) is 4.64. The molecule has 0 radical (unpaired) electrons. The van der Waals surface area contributed by atoms with Crippen LogP contribution in [0.3, 0.4) is 0 Å². The molecule has 1 aromatic carbocycles. The van der Waals surface area contributed by atoms with Crippen molar-refractivity contribution in [1.82, 2.24) is 0 Å². The Hall–Kier alpha value is -1.06. The standard InChI is InChI=1S/C10H11ClO3/c1-6-5-7(3-4-8(6)11)10(2,14)9(12)13/h3-5,14H,1-2H3,(H,12,13)/t10-/m1/s1. The normalized spacial score (nSPS) is 14.9. The van der Waals surface area contributed by atoms with Gasteiger partial charge in [0.2, 0.25) is 0 Å². The number of rotatable bonds is 2. The van der Waals surface area contributed by atoms with E-state index in [4.69, 9.17) is 16.7 Å². The third-order valence-electron chi connectivity index (χ3n) is 2.14. The van der Waals surface area contributed by atoms with Crippen molar-refractivity contribution in [3.63, 3.8) is 0 Å². The fourth-order valence-corrected chi connectivity index (χ4v) is 1.19. The molecule has 0 saturated carbocycles. The molecule has 0 aliphatic carbocycles. The topological polar surface area (TPSA) is 57.5 Å². The summed E-state index contributed by atoms with van der Waals surface area (Å²) in [5.41, 5.74) is -0.799. The van der Waals surface area contributed by atoms with Gasteiger partial charge in [0, 0.05) is 5.02 Å². The summed E-state index contributed by atoms with van der Waals surface area (Å²) in [4.78, 5) is 10.7. The highest BCUT2D eigenvalue weighted by molar-refractivity contribution is 6.31. The summed E-state index contributed by atoms with van der Waals surface area (Å²) < 4.78 is 0. The zero-order chi connectivity index (χ0) is 10.9. The summed E-state index contributed by atoms with van der Waals surface area (Å²) in [5, 5.41) is 19.0. The maximum absolute atomic E-state index is 10.7. The number of hydrogen-bond donors (Lipinski definition) is 2. The van der Waals surface area contributed by atoms with E-state index in [0.29, 0.717) is 10.6 Å². The van der Waals surface area contributed by atoms with E-state index in [2.05, 4.69) is 0 Å². The van der Waals surface area contributed by atoms with Gasteiger partial charge in [-0.15, -0.1) is 0 Å². The van der Waals surface area contributed by atoms with Crippen molar-refractivity contribution in [1.29, 1.82) is 0 Å². The van der Waals surface area contributed by atoms with Gasteiger partial charge in [-0.1, -0.05) is 23.7 Å². The minimum atomic E-state index is -1.87. The second-order valence-corrected chi connectivity index (χ2v) is 3.75. The molecule has 0 aromatic heterocycles. The van der Waals surface area contributed by atoms with Crippen LogP contribution < -0.4 is 0 Å². The number of aryl methyl sites for hydroxylation is 1. The maximum Gasteiger partial charge on any atom is 0.340 e. The van der Waals surface area contributed by atoms with E-state index < -0.39 is 11.6 Å². The first kappa shape index (κ1) is 11.0. The Morgan fingerprint density at radius 3 is 2.50 bits per heavy atom. The summed E-state index contributed by atoms with van der Waals surface area (Å²) in [5.74, 6) is -1.28. The minimum Gasteiger partial charge on any atom is -0.479 e. The fourth-order valence-electron chi connectivity index (χ4n) is 1.07. The molecule has 2 N–H and O–H groups in total. The lowest BCUT2D eigenvalue weighted by atomic mass is 9.95. The van der Waals surface area contributed by atoms with Crippen LogP contribution in [0.5, 0.6) is 0 Å². The quantitative estimate of drug-likeness (QED) is 0.791. The first-order valence-electron chi connectivity index (χ1n) is 4.08. The number of aliphatic hydroxyl groups is 1. The van der Waals surface area contributed by atoms with Crippen molar-refractivity contribution in [2.24, 2.45) is 0 Å². The molecule has 0 heterocycles. The molecule has 0 aliphatic heterocycles. The molecule has 0 spiro atoms. The summed E-state index contributed by atoms with van der Waals surface area (Å²) in [6.45, 7) is 2.99. The highest BCUT2D eigenvalue weighted by Crippen LogP contribution is 2.25. The first-order valence-corrected chi connectivity index (χ1v) is 4.46. The lowest BCUT2D eigenvalue weighted by molar-refractivity contribution is -0.157. The molecule has 4 heteroatoms. The first-order chi connectivity index (χ1) is 6.35. The Bertz CT molecular complexity index is 372. The highest BCUT2D eigenvalue weighted by atomic mass is 35.5. The van der Waals surface area contributed by atoms with Crippen molar-refractivity contribution in [2.45, 2.75) is 19.4 Å². The second kappa shape index (κ2) is 3.59. The number of aliphatic carboxylic acids is 1. The highest BCUT2D eigenvalue weighted by Gasteiger charge is 2.32. The van der Waals surface area contributed by atoms with E-state index >= 15 is 0 Å². The molecule has 0 unspecified atom stereocenters. The molecule has 0 bridgehead atoms. The number of carboxylic acid groups (broad SMARTS) is 1. The largest absolute Gasteiger partial charge is 0.479 e. The van der Waals surface area contributed by atoms with Crippen LogP contribution in [0.2, 0.25) is 5.02 Å². The molecule has 0 fully saturated rings. The Morgan fingerprint density at radius 2 is 2.07 bits per heavy atom. The molecule has 14 heavy (non-hydrogen) atoms. The molecule has 1 rings (SSSR count). The SMILES string of the molecule is Cc1cc([C@@](C)(O)C(=O)O)ccc1Cl. The number of halogens is 1. The van der Waals surface area contributed by atoms with Gasteiger partial charge in [0.1, 0.15) is 0 Å². The van der Waals surface area contributed by atoms with E-state index in [9.17, 15) is 9.90 Å². The van der Waals surface area contributed by atoms with Crippen LogP contribution in [-0.4, -0.2) is 16.2 Å². The molecule has 3 nitrogen and oxygen atoms in total. The smallest absolute Gasteiger partial charge is 0.340 e. The predicted octanol–water partition coefficient (Wildman–Crippen LogP) is 1.94. The summed E-state index contributed by atoms with van der Waals surface area (Å²) in [7, 11) is 0. The number of carbonyl (C=O) groups is 1. The average molecular weight is 215 g/mol. The predicted molar refractivity (Wildman–Crippen MR) is 53.4 cm³/mol. The van der Waals surface area contributed by atoms with E-state index in [1.54, 1.807) is 19.1 Å². The summed E-state index contributed by atoms with van der Waals surface area (Å²) >= 11 is 5.78. The van der Waals surface area contributed by atoms with E-state index in [1.165, 1.54) is 13.0 Å². The number of benzene rings is 1. The van der Waals surface area contributed by atoms with Gasteiger partial charge in [0.25, 0.3) is 0 Å². The molecule has 76 valence electrons. The van der Waals surface area contributed by atoms with Crippen molar-refractivity contribution in [3.8, 4) is 0 Å². The lowest BCUT2D eigenvalue weighted by Crippen LogP contribution is -2.31. The molecule has 1 atom stereocenters. The maximum atomic E-state index is 10.7. The monoisotopic (exact) mass is 214 g/mol. The third-order valence-corrected chi connectivity index (χ3v) is 2.56. The average Bonchev–Trinajstić information content (AvgIpc) is 2.09. The van der Waals surface area contributed by atoms with Crippen LogP contribution in [0.1, 0.15) is 18.1 Å². The van der Waals surface area contributed by atoms with Crippen molar-refractivity contribution in [2.75, 3.05) is 0 Å². The molecular formula is C10H11ClO3. The van der Waals surface area contributed by atoms with E-state index in [-0.39, 0.29) is 0 Å². The van der Waals surface area contributed by atoms with Crippen LogP contribution >= 0.6 is 11.6 Å². The van der Waals surface area contributed by atoms with Crippen LogP contribution in [0.25, 0.3) is 0 Å². The molecule has 0 amide bonds. The molecule has 0 aliphatic rings. The van der Waals surface area contributed by atoms with Crippen molar-refractivity contribution in [3.05, 3.63) is 34.3 Å². The Balaban J connectivity index is 3.21. The number of carboxylic acids is 1. The van der Waals surface area contributed by atoms with Crippen molar-refractivity contribution >= 4 is 17.6 Å². The zero-order valence-electron chi connectivity index (χ0n) is 7.91. The van der Waals surface area contributed by atoms with E-state index in [1.807, 2.05) is 0 Å². The van der Waals surface area contributed by atoms with Gasteiger partial charge in [-0.3, -0.25) is 0 Å². The van der Waals surface area contributed by atoms with Crippen LogP contribution in [0, 0.1) is 6.92 Å². The van der Waals surface area contributed by atoms with Crippen LogP contribution in [0.4, 0.5) is 0 Å². The molecular weight excluding hydrogens is 204 g/mol. The van der Waals surface area contributed by atoms with Crippen LogP contribution in [0.15, 0.2) is 18.2 Å². The van der Waals surface area contributed by atoms with Crippen molar-refractivity contribution < 1.29 is 15.0 Å². The summed E-state index contributed by atoms with van der Waals surface area (Å²) in [6.07, 6.45) is 0. The van der Waals surface area contributed by atoms with Gasteiger partial charge < -0.3 is 10.2 Å². The Kier molecular flexibility index (Phi) is 2.83. The van der Waals surface area contributed by atoms with Gasteiger partial charge in [0.05, 0.1) is 0 Å². The van der Waals surface area contributed by atoms with Gasteiger partial charge >= 0.3 is 5.97 Å². The third kappa shape index (κ3) is 1.89. The van der Waals surface area contributed by atoms with Gasteiger partial charge in [-0.25, -0.2) is 4.79 Å². The fraction of sp³-hybridized carbons (Fsp3) is 0.300. The van der Waals surface area contributed by atoms with Gasteiger partial charge in [0.15, 0.2) is 5.60 Å². The van der Waals surface area contributed by atoms with Crippen LogP contribution in [-0.2, 0) is 10.4 Å². The lowest BCUT2D eigenvalue weighted by Gasteiger charge is -2.18. The van der Waals surface area contributed by atoms with Gasteiger partial charge in [-0.05, 0) is 31.0 Å². The Morgan fingerprint density at radius 1 is 1.50 bits per heavy atom. The molecule has 0 saturated heterocycles. The number of hydrogen-bond acceptors (Lipinski definition) is 2. The van der Waals surface area contributed by atoms with E-state index in [0.717, 1.165) is 5.56 Å². The second-order valence-electron chi connectivity index (χ2n) is 3.34. The zero-order valence-corrected chi connectivity index (χ0v) is 8.67. The Labute approximate surface area is 86.9 Å². The molecule has 1 aromatic rings.